The summed E-state index contributed by atoms with van der Waals surface area (Å²) in [6.45, 7) is 25.7. The smallest absolute Gasteiger partial charge is 0.330 e. The van der Waals surface area contributed by atoms with E-state index in [1.807, 2.05) is 69.2 Å². The molecule has 0 unspecified atom stereocenters. The molecule has 0 heterocycles. The van der Waals surface area contributed by atoms with Crippen LogP contribution in [0.15, 0.2) is 24.8 Å². The molecule has 0 saturated heterocycles. The number of carboxylic acids is 1. The Morgan fingerprint density at radius 3 is 1.36 bits per heavy atom. The van der Waals surface area contributed by atoms with Crippen molar-refractivity contribution >= 4 is 70.6 Å². The first kappa shape index (κ1) is 58.9. The zero-order valence-corrected chi connectivity index (χ0v) is 38.6. The number of benzene rings is 1. The Bertz CT molecular complexity index is 1510. The van der Waals surface area contributed by atoms with Crippen LogP contribution in [-0.2, 0) is 57.2 Å². The topological polar surface area (TPSA) is 218 Å². The van der Waals surface area contributed by atoms with Gasteiger partial charge in [0.2, 0.25) is 5.91 Å². The van der Waals surface area contributed by atoms with Crippen LogP contribution in [0.5, 0.6) is 5.75 Å². The molecule has 0 spiro atoms. The molecule has 0 aliphatic rings. The van der Waals surface area contributed by atoms with E-state index in [2.05, 4.69) is 21.4 Å². The van der Waals surface area contributed by atoms with Crippen molar-refractivity contribution in [1.29, 1.82) is 0 Å². The van der Waals surface area contributed by atoms with E-state index in [-0.39, 0.29) is 84.3 Å². The predicted octanol–water partition coefficient (Wildman–Crippen LogP) is 8.74. The molecular formula is C42H67Cl2NO14. The number of nitrogens with one attached hydrogen (secondary N) is 1. The Hall–Kier alpha value is -4.37. The molecule has 0 saturated carbocycles. The molecule has 1 aromatic carbocycles. The predicted molar refractivity (Wildman–Crippen MR) is 226 cm³/mol. The third-order valence-electron chi connectivity index (χ3n) is 9.12. The van der Waals surface area contributed by atoms with Crippen molar-refractivity contribution in [3.05, 3.63) is 34.8 Å². The number of hydrogen-bond acceptors (Lipinski definition) is 13. The summed E-state index contributed by atoms with van der Waals surface area (Å²) in [5, 5.41) is 20.7. The Morgan fingerprint density at radius 1 is 0.644 bits per heavy atom. The summed E-state index contributed by atoms with van der Waals surface area (Å²) in [6.07, 6.45) is 3.53. The molecule has 15 nitrogen and oxygen atoms in total. The molecule has 59 heavy (non-hydrogen) atoms. The fourth-order valence-corrected chi connectivity index (χ4v) is 3.59. The largest absolute Gasteiger partial charge is 0.505 e. The quantitative estimate of drug-likeness (QED) is 0.0389. The van der Waals surface area contributed by atoms with Crippen molar-refractivity contribution in [3.8, 4) is 5.75 Å². The Labute approximate surface area is 359 Å². The van der Waals surface area contributed by atoms with Gasteiger partial charge >= 0.3 is 35.8 Å². The summed E-state index contributed by atoms with van der Waals surface area (Å²) >= 11 is 11.5. The summed E-state index contributed by atoms with van der Waals surface area (Å²) in [5.41, 5.74) is -1.33. The molecule has 1 amide bonds. The highest BCUT2D eigenvalue weighted by Crippen LogP contribution is 2.35. The number of carbonyl (C=O) groups excluding carboxylic acids is 6. The monoisotopic (exact) mass is 879 g/mol. The van der Waals surface area contributed by atoms with Crippen LogP contribution < -0.4 is 5.32 Å². The summed E-state index contributed by atoms with van der Waals surface area (Å²) in [5.74, 6) is -3.22. The van der Waals surface area contributed by atoms with E-state index >= 15 is 0 Å². The standard InChI is InChI=1S/C12H15Cl2NO2.C12H20O6.C11H18O4.C7H14O2/c1-4-12(2,3)11(17)15-7-5-8(13)10(16)9(14)6-7;1-4-12(2,3)11(16)18-8-7-17-10(15)6-5-9(13)14;1-5-9(12)14-7-8-15-10(13)11(3,4)6-2;1-5-7(2,3)6(8)9-4/h5-6,16H,4H2,1-3H3,(H,15,17);4-8H2,1-3H3,(H,13,14);5H,1,6-8H2,2-4H3;5H2,1-4H3. The van der Waals surface area contributed by atoms with Crippen LogP contribution in [0.4, 0.5) is 5.69 Å². The van der Waals surface area contributed by atoms with Crippen LogP contribution in [-0.4, -0.2) is 85.5 Å². The fraction of sp³-hybridized carbons (Fsp3) is 0.643. The van der Waals surface area contributed by atoms with Gasteiger partial charge in [0.05, 0.1) is 46.2 Å². The van der Waals surface area contributed by atoms with E-state index in [1.165, 1.54) is 19.2 Å². The number of phenolic OH excluding ortho intramolecular Hbond substituents is 1. The summed E-state index contributed by atoms with van der Waals surface area (Å²) < 4.78 is 23.8. The molecule has 0 atom stereocenters. The number of esters is 5. The van der Waals surface area contributed by atoms with Crippen molar-refractivity contribution in [2.24, 2.45) is 21.7 Å². The van der Waals surface area contributed by atoms with E-state index in [0.29, 0.717) is 18.5 Å². The molecule has 0 fully saturated rings. The zero-order chi connectivity index (χ0) is 46.8. The molecule has 0 aliphatic carbocycles. The van der Waals surface area contributed by atoms with Gasteiger partial charge in [0.15, 0.2) is 5.75 Å². The van der Waals surface area contributed by atoms with Gasteiger partial charge in [-0.2, -0.15) is 0 Å². The molecule has 3 N–H and O–H groups in total. The van der Waals surface area contributed by atoms with Gasteiger partial charge in [0.1, 0.15) is 26.4 Å². The van der Waals surface area contributed by atoms with Crippen LogP contribution in [0.3, 0.4) is 0 Å². The SMILES string of the molecule is C=CC(=O)OCCOC(=O)C(C)(C)CC.CCC(C)(C)C(=O)Nc1cc(Cl)c(O)c(Cl)c1.CCC(C)(C)C(=O)OC.CCC(C)(C)C(=O)OCCOC(=O)CCC(=O)O. The second-order valence-electron chi connectivity index (χ2n) is 15.4. The molecule has 1 rings (SSSR count). The van der Waals surface area contributed by atoms with Crippen LogP contribution in [0, 0.1) is 21.7 Å². The van der Waals surface area contributed by atoms with Gasteiger partial charge in [-0.3, -0.25) is 28.8 Å². The number of aromatic hydroxyl groups is 1. The molecule has 0 aliphatic heterocycles. The van der Waals surface area contributed by atoms with E-state index in [0.717, 1.165) is 18.9 Å². The van der Waals surface area contributed by atoms with Crippen LogP contribution in [0.1, 0.15) is 122 Å². The molecule has 0 bridgehead atoms. The summed E-state index contributed by atoms with van der Waals surface area (Å²) in [7, 11) is 1.42. The van der Waals surface area contributed by atoms with Gasteiger partial charge in [-0.15, -0.1) is 0 Å². The highest BCUT2D eigenvalue weighted by Gasteiger charge is 2.28. The van der Waals surface area contributed by atoms with E-state index in [4.69, 9.17) is 42.5 Å². The molecule has 338 valence electrons. The normalized spacial score (nSPS) is 11.0. The van der Waals surface area contributed by atoms with Crippen molar-refractivity contribution in [2.45, 2.75) is 122 Å². The number of carbonyl (C=O) groups is 7. The fourth-order valence-electron chi connectivity index (χ4n) is 3.11. The van der Waals surface area contributed by atoms with Crippen molar-refractivity contribution < 1.29 is 67.5 Å². The highest BCUT2D eigenvalue weighted by molar-refractivity contribution is 6.37. The lowest BCUT2D eigenvalue weighted by atomic mass is 9.89. The summed E-state index contributed by atoms with van der Waals surface area (Å²) in [4.78, 5) is 77.5. The second kappa shape index (κ2) is 29.0. The number of methoxy groups -OCH3 is 1. The van der Waals surface area contributed by atoms with Gasteiger partial charge in [0.25, 0.3) is 0 Å². The van der Waals surface area contributed by atoms with Gasteiger partial charge in [-0.1, -0.05) is 71.3 Å². The lowest BCUT2D eigenvalue weighted by Crippen LogP contribution is -2.29. The third-order valence-corrected chi connectivity index (χ3v) is 9.69. The number of hydrogen-bond donors (Lipinski definition) is 3. The average Bonchev–Trinajstić information content (AvgIpc) is 3.19. The Balaban J connectivity index is -0.000000727. The highest BCUT2D eigenvalue weighted by atomic mass is 35.5. The van der Waals surface area contributed by atoms with Crippen LogP contribution >= 0.6 is 23.2 Å². The number of anilines is 1. The Morgan fingerprint density at radius 2 is 1.02 bits per heavy atom. The van der Waals surface area contributed by atoms with Crippen LogP contribution in [0.2, 0.25) is 10.0 Å². The maximum absolute atomic E-state index is 11.9. The maximum atomic E-state index is 11.9. The second-order valence-corrected chi connectivity index (χ2v) is 16.3. The van der Waals surface area contributed by atoms with Gasteiger partial charge in [-0.05, 0) is 79.4 Å². The first-order chi connectivity index (χ1) is 27.0. The molecule has 0 aromatic heterocycles. The number of amides is 1. The Kier molecular flexibility index (Phi) is 28.9. The minimum absolute atomic E-state index is 0.0128. The number of halogens is 2. The summed E-state index contributed by atoms with van der Waals surface area (Å²) in [6, 6.07) is 2.93. The van der Waals surface area contributed by atoms with E-state index in [1.54, 1.807) is 13.8 Å². The molecule has 0 radical (unpaired) electrons. The van der Waals surface area contributed by atoms with Crippen LogP contribution in [0.25, 0.3) is 0 Å². The average molecular weight is 881 g/mol. The molecule has 17 heteroatoms. The number of phenols is 1. The lowest BCUT2D eigenvalue weighted by Gasteiger charge is -2.21. The molecular weight excluding hydrogens is 813 g/mol. The van der Waals surface area contributed by atoms with Gasteiger partial charge in [-0.25, -0.2) is 4.79 Å². The van der Waals surface area contributed by atoms with Gasteiger partial charge in [0, 0.05) is 17.2 Å². The number of aliphatic carboxylic acids is 1. The lowest BCUT2D eigenvalue weighted by molar-refractivity contribution is -0.159. The minimum Gasteiger partial charge on any atom is -0.505 e. The number of rotatable bonds is 19. The first-order valence-corrected chi connectivity index (χ1v) is 19.9. The van der Waals surface area contributed by atoms with E-state index < -0.39 is 34.2 Å². The molecule has 1 aromatic rings. The van der Waals surface area contributed by atoms with Crippen molar-refractivity contribution in [1.82, 2.24) is 0 Å². The van der Waals surface area contributed by atoms with E-state index in [9.17, 15) is 38.7 Å². The minimum atomic E-state index is -1.05. The first-order valence-electron chi connectivity index (χ1n) is 19.1. The third kappa shape index (κ3) is 25.7. The van der Waals surface area contributed by atoms with Crippen molar-refractivity contribution in [3.63, 3.8) is 0 Å². The van der Waals surface area contributed by atoms with Gasteiger partial charge < -0.3 is 39.2 Å². The van der Waals surface area contributed by atoms with Crippen molar-refractivity contribution in [2.75, 3.05) is 38.9 Å². The number of carboxylic acid groups (broad SMARTS) is 1. The number of ether oxygens (including phenoxy) is 5. The zero-order valence-electron chi connectivity index (χ0n) is 37.1. The maximum Gasteiger partial charge on any atom is 0.330 e.